The van der Waals surface area contributed by atoms with Gasteiger partial charge in [0.15, 0.2) is 0 Å². The van der Waals surface area contributed by atoms with Crippen LogP contribution in [-0.2, 0) is 20.1 Å². The van der Waals surface area contributed by atoms with E-state index in [1.54, 1.807) is 0 Å². The van der Waals surface area contributed by atoms with Gasteiger partial charge < -0.3 is 14.9 Å². The molecule has 0 spiro atoms. The molecule has 0 atom stereocenters. The molecule has 0 bridgehead atoms. The Morgan fingerprint density at radius 2 is 1.94 bits per heavy atom. The number of nitrogens with zero attached hydrogens (tertiary/aromatic N) is 3. The van der Waals surface area contributed by atoms with Crippen LogP contribution in [0.2, 0.25) is 0 Å². The first kappa shape index (κ1) is 15.1. The number of ether oxygens (including phenoxy) is 1. The molecule has 2 aromatic rings. The van der Waals surface area contributed by atoms with Gasteiger partial charge in [-0.1, -0.05) is 25.4 Å². The molecular weight excluding hydrogens is 406 g/mol. The molecular formula is C13H18IrN3O-. The van der Waals surface area contributed by atoms with Gasteiger partial charge in [0.05, 0.1) is 5.52 Å². The number of hydrogen-bond donors (Lipinski definition) is 0. The predicted molar refractivity (Wildman–Crippen MR) is 67.2 cm³/mol. The summed E-state index contributed by atoms with van der Waals surface area (Å²) in [6.45, 7) is 8.01. The molecule has 1 saturated carbocycles. The van der Waals surface area contributed by atoms with Crippen LogP contribution in [-0.4, -0.2) is 15.7 Å². The van der Waals surface area contributed by atoms with Crippen LogP contribution in [0, 0.1) is 6.92 Å². The zero-order valence-corrected chi connectivity index (χ0v) is 13.5. The van der Waals surface area contributed by atoms with Gasteiger partial charge in [-0.2, -0.15) is 0 Å². The first-order valence-corrected chi connectivity index (χ1v) is 6.12. The minimum absolute atomic E-state index is 0. The van der Waals surface area contributed by atoms with Crippen molar-refractivity contribution in [1.29, 1.82) is 0 Å². The quantitative estimate of drug-likeness (QED) is 0.744. The van der Waals surface area contributed by atoms with Gasteiger partial charge in [0, 0.05) is 25.8 Å². The molecule has 4 nitrogen and oxygen atoms in total. The molecule has 0 unspecified atom stereocenters. The second-order valence-corrected chi connectivity index (χ2v) is 4.35. The van der Waals surface area contributed by atoms with E-state index in [0.717, 1.165) is 29.6 Å². The number of aryl methyl sites for hydroxylation is 1. The summed E-state index contributed by atoms with van der Waals surface area (Å²) in [7, 11) is 0. The second-order valence-electron chi connectivity index (χ2n) is 4.35. The molecule has 0 amide bonds. The average Bonchev–Trinajstić information content (AvgIpc) is 2.95. The zero-order valence-electron chi connectivity index (χ0n) is 11.2. The van der Waals surface area contributed by atoms with Crippen LogP contribution in [0.3, 0.4) is 0 Å². The smallest absolute Gasteiger partial charge is 0.214 e. The van der Waals surface area contributed by atoms with E-state index in [2.05, 4.69) is 22.1 Å². The van der Waals surface area contributed by atoms with Gasteiger partial charge >= 0.3 is 0 Å². The zero-order chi connectivity index (χ0) is 12.5. The molecule has 1 radical (unpaired) electrons. The molecule has 0 aromatic carbocycles. The number of hydrogen-bond acceptors (Lipinski definition) is 3. The van der Waals surface area contributed by atoms with Crippen molar-refractivity contribution in [3.63, 3.8) is 0 Å². The molecule has 3 rings (SSSR count). The third-order valence-electron chi connectivity index (χ3n) is 2.80. The van der Waals surface area contributed by atoms with Gasteiger partial charge in [0.2, 0.25) is 5.88 Å². The normalized spacial score (nSPS) is 15.3. The fraction of sp³-hybridized carbons (Fsp3) is 0.538. The van der Waals surface area contributed by atoms with Crippen molar-refractivity contribution in [3.8, 4) is 5.88 Å². The summed E-state index contributed by atoms with van der Waals surface area (Å²) in [6.07, 6.45) is 2.23. The van der Waals surface area contributed by atoms with E-state index in [4.69, 9.17) is 4.74 Å². The van der Waals surface area contributed by atoms with E-state index in [1.165, 1.54) is 0 Å². The number of fused-ring (bicyclic) bond motifs is 1. The van der Waals surface area contributed by atoms with Crippen molar-refractivity contribution in [2.75, 3.05) is 0 Å². The molecule has 2 heterocycles. The van der Waals surface area contributed by atoms with Crippen molar-refractivity contribution < 1.29 is 24.8 Å². The van der Waals surface area contributed by atoms with Crippen molar-refractivity contribution in [2.24, 2.45) is 0 Å². The minimum Gasteiger partial charge on any atom is -0.573 e. The molecule has 5 heteroatoms. The first-order chi connectivity index (χ1) is 8.16. The summed E-state index contributed by atoms with van der Waals surface area (Å²) >= 11 is 0. The van der Waals surface area contributed by atoms with Crippen LogP contribution in [0.15, 0.2) is 12.1 Å². The van der Waals surface area contributed by atoms with E-state index in [9.17, 15) is 0 Å². The fourth-order valence-corrected chi connectivity index (χ4v) is 1.54. The van der Waals surface area contributed by atoms with E-state index in [0.29, 0.717) is 5.88 Å². The summed E-state index contributed by atoms with van der Waals surface area (Å²) in [6, 6.07) is 3.77. The summed E-state index contributed by atoms with van der Waals surface area (Å²) in [5.74, 6) is 0.681. The Morgan fingerprint density at radius 1 is 1.28 bits per heavy atom. The van der Waals surface area contributed by atoms with Gasteiger partial charge in [0.25, 0.3) is 0 Å². The third kappa shape index (κ3) is 3.09. The molecule has 1 fully saturated rings. The van der Waals surface area contributed by atoms with Gasteiger partial charge in [-0.05, 0) is 32.8 Å². The van der Waals surface area contributed by atoms with E-state index in [1.807, 2.05) is 32.9 Å². The topological polar surface area (TPSA) is 49.1 Å². The summed E-state index contributed by atoms with van der Waals surface area (Å²) in [5.41, 5.74) is 2.55. The maximum atomic E-state index is 5.78. The predicted octanol–water partition coefficient (Wildman–Crippen LogP) is 2.85. The third-order valence-corrected chi connectivity index (χ3v) is 2.80. The van der Waals surface area contributed by atoms with E-state index >= 15 is 0 Å². The monoisotopic (exact) mass is 425 g/mol. The molecule has 1 aliphatic carbocycles. The molecule has 18 heavy (non-hydrogen) atoms. The maximum Gasteiger partial charge on any atom is 0.214 e. The summed E-state index contributed by atoms with van der Waals surface area (Å²) < 4.78 is 5.78. The molecule has 1 aliphatic rings. The SMILES string of the molecule is CC.Cc1n[n-]c2ccc(OC3(C)CC3)nc12.[Ir]. The van der Waals surface area contributed by atoms with Crippen LogP contribution in [0.4, 0.5) is 0 Å². The van der Waals surface area contributed by atoms with Crippen molar-refractivity contribution >= 4 is 11.0 Å². The first-order valence-electron chi connectivity index (χ1n) is 6.12. The Bertz CT molecular complexity index is 520. The Balaban J connectivity index is 0.000000516. The van der Waals surface area contributed by atoms with Gasteiger partial charge in [0.1, 0.15) is 5.60 Å². The Hall–Kier alpha value is -0.931. The minimum atomic E-state index is 0. The largest absolute Gasteiger partial charge is 0.573 e. The van der Waals surface area contributed by atoms with Crippen molar-refractivity contribution in [1.82, 2.24) is 15.2 Å². The van der Waals surface area contributed by atoms with Crippen LogP contribution in [0.5, 0.6) is 5.88 Å². The van der Waals surface area contributed by atoms with Gasteiger partial charge in [-0.3, -0.25) is 0 Å². The average molecular weight is 425 g/mol. The number of aromatic nitrogens is 3. The number of pyridine rings is 1. The summed E-state index contributed by atoms with van der Waals surface area (Å²) in [4.78, 5) is 4.41. The standard InChI is InChI=1S/C11H12N3O.C2H6.Ir/c1-7-10-8(14-13-7)3-4-9(12-10)15-11(2)5-6-11;1-2;/h3-4H,5-6H2,1-2H3;1-2H3;/q-1;;. The van der Waals surface area contributed by atoms with Gasteiger partial charge in [-0.15, -0.1) is 0 Å². The molecule has 0 N–H and O–H groups in total. The Kier molecular flexibility index (Phi) is 4.88. The van der Waals surface area contributed by atoms with Crippen LogP contribution >= 0.6 is 0 Å². The van der Waals surface area contributed by atoms with E-state index in [-0.39, 0.29) is 25.7 Å². The van der Waals surface area contributed by atoms with Crippen LogP contribution in [0.25, 0.3) is 11.0 Å². The molecule has 0 saturated heterocycles. The van der Waals surface area contributed by atoms with Crippen molar-refractivity contribution in [2.45, 2.75) is 46.1 Å². The van der Waals surface area contributed by atoms with E-state index < -0.39 is 0 Å². The maximum absolute atomic E-state index is 5.78. The van der Waals surface area contributed by atoms with Crippen LogP contribution < -0.4 is 9.84 Å². The fourth-order valence-electron chi connectivity index (χ4n) is 1.54. The van der Waals surface area contributed by atoms with Gasteiger partial charge in [-0.25, -0.2) is 4.98 Å². The molecule has 0 aliphatic heterocycles. The van der Waals surface area contributed by atoms with Crippen LogP contribution in [0.1, 0.15) is 39.3 Å². The second kappa shape index (κ2) is 5.81. The Morgan fingerprint density at radius 3 is 2.56 bits per heavy atom. The molecule has 101 valence electrons. The molecule has 2 aromatic heterocycles. The Labute approximate surface area is 121 Å². The number of rotatable bonds is 2. The summed E-state index contributed by atoms with van der Waals surface area (Å²) in [5, 5.41) is 7.98. The van der Waals surface area contributed by atoms with Crippen molar-refractivity contribution in [3.05, 3.63) is 17.8 Å².